The molecular weight excluding hydrogens is 456 g/mol. The van der Waals surface area contributed by atoms with Crippen LogP contribution in [-0.2, 0) is 6.54 Å². The second-order valence-corrected chi connectivity index (χ2v) is 8.67. The van der Waals surface area contributed by atoms with E-state index in [1.54, 1.807) is 34.0 Å². The average Bonchev–Trinajstić information content (AvgIpc) is 3.51. The normalized spacial score (nSPS) is 10.9. The molecule has 0 fully saturated rings. The van der Waals surface area contributed by atoms with Gasteiger partial charge in [0.05, 0.1) is 16.3 Å². The van der Waals surface area contributed by atoms with E-state index in [1.807, 2.05) is 66.9 Å². The van der Waals surface area contributed by atoms with Crippen molar-refractivity contribution < 1.29 is 9.53 Å². The zero-order valence-electron chi connectivity index (χ0n) is 17.5. The Labute approximate surface area is 199 Å². The summed E-state index contributed by atoms with van der Waals surface area (Å²) in [6.45, 7) is 0.935. The molecule has 2 heterocycles. The summed E-state index contributed by atoms with van der Waals surface area (Å²) < 4.78 is 8.64. The molecule has 33 heavy (non-hydrogen) atoms. The third-order valence-corrected chi connectivity index (χ3v) is 6.35. The summed E-state index contributed by atoms with van der Waals surface area (Å²) in [7, 11) is 0. The fourth-order valence-electron chi connectivity index (χ4n) is 3.41. The van der Waals surface area contributed by atoms with E-state index in [1.165, 1.54) is 11.3 Å². The Balaban J connectivity index is 1.47. The second kappa shape index (κ2) is 9.44. The molecule has 0 N–H and O–H groups in total. The second-order valence-electron chi connectivity index (χ2n) is 7.25. The molecule has 0 spiro atoms. The van der Waals surface area contributed by atoms with E-state index in [0.717, 1.165) is 4.70 Å². The SMILES string of the molecule is O=C(c1cccc(Oc2ccccc2)c1)N(CCn1cccn1)c1nc2c(Cl)cccc2s1. The standard InChI is InChI=1S/C25H19ClN4O2S/c26-21-11-5-12-22-23(21)28-25(33-22)30(16-15-29-14-6-13-27-29)24(31)18-7-4-10-20(17-18)32-19-8-2-1-3-9-19/h1-14,17H,15-16H2. The Kier molecular flexibility index (Phi) is 6.06. The molecule has 5 rings (SSSR count). The average molecular weight is 475 g/mol. The van der Waals surface area contributed by atoms with Crippen LogP contribution in [0.4, 0.5) is 5.13 Å². The molecular formula is C25H19ClN4O2S. The number of fused-ring (bicyclic) bond motifs is 1. The molecule has 2 aromatic heterocycles. The number of halogens is 1. The molecule has 164 valence electrons. The molecule has 6 nitrogen and oxygen atoms in total. The molecule has 0 bridgehead atoms. The van der Waals surface area contributed by atoms with Gasteiger partial charge in [-0.25, -0.2) is 4.98 Å². The van der Waals surface area contributed by atoms with Gasteiger partial charge in [-0.15, -0.1) is 0 Å². The molecule has 0 atom stereocenters. The van der Waals surface area contributed by atoms with Crippen LogP contribution in [0.5, 0.6) is 11.5 Å². The number of ether oxygens (including phenoxy) is 1. The van der Waals surface area contributed by atoms with Crippen molar-refractivity contribution in [2.45, 2.75) is 6.54 Å². The largest absolute Gasteiger partial charge is 0.457 e. The third kappa shape index (κ3) is 4.74. The van der Waals surface area contributed by atoms with Crippen molar-refractivity contribution in [1.29, 1.82) is 0 Å². The molecule has 0 saturated heterocycles. The summed E-state index contributed by atoms with van der Waals surface area (Å²) in [6, 6.07) is 24.1. The highest BCUT2D eigenvalue weighted by Crippen LogP contribution is 2.34. The predicted octanol–water partition coefficient (Wildman–Crippen LogP) is 6.29. The lowest BCUT2D eigenvalue weighted by Gasteiger charge is -2.20. The van der Waals surface area contributed by atoms with Gasteiger partial charge in [0, 0.05) is 24.5 Å². The summed E-state index contributed by atoms with van der Waals surface area (Å²) in [6.07, 6.45) is 3.58. The number of amides is 1. The van der Waals surface area contributed by atoms with Crippen molar-refractivity contribution in [3.05, 3.63) is 102 Å². The van der Waals surface area contributed by atoms with Crippen LogP contribution in [0.25, 0.3) is 10.2 Å². The van der Waals surface area contributed by atoms with E-state index in [2.05, 4.69) is 10.1 Å². The number of rotatable bonds is 7. The van der Waals surface area contributed by atoms with Gasteiger partial charge in [0.1, 0.15) is 17.0 Å². The quantitative estimate of drug-likeness (QED) is 0.278. The number of hydrogen-bond acceptors (Lipinski definition) is 5. The van der Waals surface area contributed by atoms with Gasteiger partial charge in [0.2, 0.25) is 0 Å². The number of nitrogens with zero attached hydrogens (tertiary/aromatic N) is 4. The van der Waals surface area contributed by atoms with Gasteiger partial charge < -0.3 is 4.74 Å². The van der Waals surface area contributed by atoms with Crippen LogP contribution >= 0.6 is 22.9 Å². The van der Waals surface area contributed by atoms with E-state index >= 15 is 0 Å². The van der Waals surface area contributed by atoms with Crippen molar-refractivity contribution in [3.63, 3.8) is 0 Å². The molecule has 0 radical (unpaired) electrons. The molecule has 1 amide bonds. The lowest BCUT2D eigenvalue weighted by atomic mass is 10.2. The molecule has 0 aliphatic carbocycles. The predicted molar refractivity (Wildman–Crippen MR) is 131 cm³/mol. The van der Waals surface area contributed by atoms with Crippen molar-refractivity contribution in [2.75, 3.05) is 11.4 Å². The van der Waals surface area contributed by atoms with E-state index in [0.29, 0.717) is 45.8 Å². The van der Waals surface area contributed by atoms with Gasteiger partial charge in [-0.1, -0.05) is 53.3 Å². The van der Waals surface area contributed by atoms with Crippen LogP contribution in [0.2, 0.25) is 5.02 Å². The van der Waals surface area contributed by atoms with E-state index < -0.39 is 0 Å². The minimum atomic E-state index is -0.171. The zero-order valence-corrected chi connectivity index (χ0v) is 19.0. The first-order valence-corrected chi connectivity index (χ1v) is 11.5. The number of carbonyl (C=O) groups excluding carboxylic acids is 1. The third-order valence-electron chi connectivity index (χ3n) is 5.01. The van der Waals surface area contributed by atoms with Gasteiger partial charge in [0.15, 0.2) is 5.13 Å². The summed E-state index contributed by atoms with van der Waals surface area (Å²) in [4.78, 5) is 20.0. The number of hydrogen-bond donors (Lipinski definition) is 0. The molecule has 0 unspecified atom stereocenters. The number of thiazole rings is 1. The van der Waals surface area contributed by atoms with Gasteiger partial charge in [-0.2, -0.15) is 5.10 Å². The van der Waals surface area contributed by atoms with Gasteiger partial charge >= 0.3 is 0 Å². The lowest BCUT2D eigenvalue weighted by Crippen LogP contribution is -2.34. The van der Waals surface area contributed by atoms with Crippen molar-refractivity contribution in [2.24, 2.45) is 0 Å². The molecule has 0 aliphatic heterocycles. The Morgan fingerprint density at radius 2 is 1.82 bits per heavy atom. The first-order chi connectivity index (χ1) is 16.2. The highest BCUT2D eigenvalue weighted by molar-refractivity contribution is 7.22. The maximum atomic E-state index is 13.6. The van der Waals surface area contributed by atoms with Crippen LogP contribution in [0.15, 0.2) is 91.3 Å². The Hall–Kier alpha value is -3.68. The van der Waals surface area contributed by atoms with E-state index in [4.69, 9.17) is 16.3 Å². The van der Waals surface area contributed by atoms with Crippen molar-refractivity contribution in [3.8, 4) is 11.5 Å². The summed E-state index contributed by atoms with van der Waals surface area (Å²) in [5, 5.41) is 5.40. The number of carbonyl (C=O) groups is 1. The maximum absolute atomic E-state index is 13.6. The first-order valence-electron chi connectivity index (χ1n) is 10.3. The first kappa shape index (κ1) is 21.2. The van der Waals surface area contributed by atoms with Gasteiger partial charge in [-0.05, 0) is 48.5 Å². The molecule has 0 aliphatic rings. The Morgan fingerprint density at radius 1 is 1.00 bits per heavy atom. The summed E-state index contributed by atoms with van der Waals surface area (Å²) in [5.74, 6) is 1.13. The lowest BCUT2D eigenvalue weighted by molar-refractivity contribution is 0.0985. The van der Waals surface area contributed by atoms with Crippen LogP contribution in [-0.4, -0.2) is 27.2 Å². The Morgan fingerprint density at radius 3 is 2.61 bits per heavy atom. The highest BCUT2D eigenvalue weighted by atomic mass is 35.5. The number of anilines is 1. The smallest absolute Gasteiger partial charge is 0.260 e. The maximum Gasteiger partial charge on any atom is 0.260 e. The molecule has 0 saturated carbocycles. The van der Waals surface area contributed by atoms with Crippen molar-refractivity contribution >= 4 is 44.2 Å². The fourth-order valence-corrected chi connectivity index (χ4v) is 4.70. The Bertz CT molecular complexity index is 1390. The van der Waals surface area contributed by atoms with E-state index in [9.17, 15) is 4.79 Å². The van der Waals surface area contributed by atoms with Crippen LogP contribution in [0.1, 0.15) is 10.4 Å². The minimum Gasteiger partial charge on any atom is -0.457 e. The monoisotopic (exact) mass is 474 g/mol. The topological polar surface area (TPSA) is 60.2 Å². The minimum absolute atomic E-state index is 0.171. The number of benzene rings is 3. The van der Waals surface area contributed by atoms with E-state index in [-0.39, 0.29) is 5.91 Å². The molecule has 5 aromatic rings. The van der Waals surface area contributed by atoms with Crippen LogP contribution in [0.3, 0.4) is 0 Å². The van der Waals surface area contributed by atoms with Gasteiger partial charge in [-0.3, -0.25) is 14.4 Å². The van der Waals surface area contributed by atoms with Gasteiger partial charge in [0.25, 0.3) is 5.91 Å². The zero-order chi connectivity index (χ0) is 22.6. The van der Waals surface area contributed by atoms with Crippen molar-refractivity contribution in [1.82, 2.24) is 14.8 Å². The fraction of sp³-hybridized carbons (Fsp3) is 0.0800. The number of para-hydroxylation sites is 2. The molecule has 3 aromatic carbocycles. The summed E-state index contributed by atoms with van der Waals surface area (Å²) in [5.41, 5.74) is 1.20. The van der Waals surface area contributed by atoms with Crippen LogP contribution < -0.4 is 9.64 Å². The van der Waals surface area contributed by atoms with Crippen LogP contribution in [0, 0.1) is 0 Å². The number of aromatic nitrogens is 3. The highest BCUT2D eigenvalue weighted by Gasteiger charge is 2.22. The summed E-state index contributed by atoms with van der Waals surface area (Å²) >= 11 is 7.77. The molecule has 8 heteroatoms.